The maximum Gasteiger partial charge on any atom is 0.230 e. The SMILES string of the molecule is CCC(C(=O)N1CCN(Cc2cc(=O)c(OCc3ccc(F)cc3)co2)CC1)c1ccccc1. The smallest absolute Gasteiger partial charge is 0.230 e. The highest BCUT2D eigenvalue weighted by Gasteiger charge is 2.27. The molecule has 3 aromatic rings. The number of amides is 1. The van der Waals surface area contributed by atoms with Crippen LogP contribution in [-0.2, 0) is 17.9 Å². The number of hydrogen-bond donors (Lipinski definition) is 0. The fourth-order valence-corrected chi connectivity index (χ4v) is 4.17. The largest absolute Gasteiger partial charge is 0.482 e. The van der Waals surface area contributed by atoms with Gasteiger partial charge in [0.2, 0.25) is 17.1 Å². The number of ether oxygens (including phenoxy) is 1. The lowest BCUT2D eigenvalue weighted by molar-refractivity contribution is -0.134. The van der Waals surface area contributed by atoms with Crippen LogP contribution in [0.15, 0.2) is 76.1 Å². The van der Waals surface area contributed by atoms with Crippen molar-refractivity contribution in [2.45, 2.75) is 32.4 Å². The molecular weight excluding hydrogens is 435 g/mol. The van der Waals surface area contributed by atoms with Gasteiger partial charge in [-0.2, -0.15) is 0 Å². The highest BCUT2D eigenvalue weighted by molar-refractivity contribution is 5.83. The summed E-state index contributed by atoms with van der Waals surface area (Å²) in [6, 6.07) is 17.3. The van der Waals surface area contributed by atoms with Crippen molar-refractivity contribution in [1.82, 2.24) is 9.80 Å². The molecule has 0 spiro atoms. The lowest BCUT2D eigenvalue weighted by atomic mass is 9.95. The molecule has 0 N–H and O–H groups in total. The maximum absolute atomic E-state index is 13.1. The molecule has 1 amide bonds. The van der Waals surface area contributed by atoms with E-state index in [0.717, 1.165) is 17.5 Å². The Kier molecular flexibility index (Phi) is 7.75. The number of hydrogen-bond acceptors (Lipinski definition) is 5. The summed E-state index contributed by atoms with van der Waals surface area (Å²) >= 11 is 0. The zero-order valence-corrected chi connectivity index (χ0v) is 19.3. The Labute approximate surface area is 198 Å². The second-order valence-electron chi connectivity index (χ2n) is 8.46. The van der Waals surface area contributed by atoms with Gasteiger partial charge in [0, 0.05) is 32.2 Å². The molecule has 1 saturated heterocycles. The third-order valence-electron chi connectivity index (χ3n) is 6.13. The Bertz CT molecular complexity index is 1140. The molecule has 2 aromatic carbocycles. The van der Waals surface area contributed by atoms with Crippen LogP contribution in [0.1, 0.15) is 36.1 Å². The van der Waals surface area contributed by atoms with E-state index < -0.39 is 0 Å². The minimum absolute atomic E-state index is 0.117. The minimum Gasteiger partial charge on any atom is -0.482 e. The van der Waals surface area contributed by atoms with Crippen molar-refractivity contribution in [3.05, 3.63) is 99.9 Å². The van der Waals surface area contributed by atoms with Crippen molar-refractivity contribution in [1.29, 1.82) is 0 Å². The molecule has 178 valence electrons. The molecule has 2 heterocycles. The van der Waals surface area contributed by atoms with Crippen molar-refractivity contribution in [3.63, 3.8) is 0 Å². The number of halogens is 1. The topological polar surface area (TPSA) is 63.0 Å². The standard InChI is InChI=1S/C27H29FN2O4/c1-2-24(21-6-4-3-5-7-21)27(32)30-14-12-29(13-15-30)17-23-16-25(31)26(19-33-23)34-18-20-8-10-22(28)11-9-20/h3-11,16,19,24H,2,12-15,17-18H2,1H3. The van der Waals surface area contributed by atoms with Gasteiger partial charge in [0.05, 0.1) is 12.5 Å². The summed E-state index contributed by atoms with van der Waals surface area (Å²) in [6.45, 7) is 5.40. The predicted molar refractivity (Wildman–Crippen MR) is 127 cm³/mol. The zero-order valence-electron chi connectivity index (χ0n) is 19.3. The third kappa shape index (κ3) is 5.91. The van der Waals surface area contributed by atoms with E-state index in [1.165, 1.54) is 24.5 Å². The molecule has 1 atom stereocenters. The molecule has 1 fully saturated rings. The molecule has 7 heteroatoms. The Hall–Kier alpha value is -3.45. The first-order valence-corrected chi connectivity index (χ1v) is 11.6. The molecule has 1 aliphatic heterocycles. The fourth-order valence-electron chi connectivity index (χ4n) is 4.17. The summed E-state index contributed by atoms with van der Waals surface area (Å²) in [5, 5.41) is 0. The summed E-state index contributed by atoms with van der Waals surface area (Å²) < 4.78 is 24.2. The second kappa shape index (κ2) is 11.1. The van der Waals surface area contributed by atoms with E-state index in [4.69, 9.17) is 9.15 Å². The van der Waals surface area contributed by atoms with E-state index in [1.807, 2.05) is 42.2 Å². The second-order valence-corrected chi connectivity index (χ2v) is 8.46. The third-order valence-corrected chi connectivity index (χ3v) is 6.13. The molecular formula is C27H29FN2O4. The van der Waals surface area contributed by atoms with Gasteiger partial charge in [0.15, 0.2) is 0 Å². The maximum atomic E-state index is 13.1. The van der Waals surface area contributed by atoms with E-state index in [1.54, 1.807) is 12.1 Å². The summed E-state index contributed by atoms with van der Waals surface area (Å²) in [5.74, 6) is 0.402. The van der Waals surface area contributed by atoms with Crippen LogP contribution >= 0.6 is 0 Å². The van der Waals surface area contributed by atoms with Crippen LogP contribution in [0.3, 0.4) is 0 Å². The van der Waals surface area contributed by atoms with Gasteiger partial charge in [0.25, 0.3) is 0 Å². The lowest BCUT2D eigenvalue weighted by Gasteiger charge is -2.36. The van der Waals surface area contributed by atoms with Crippen LogP contribution in [0.25, 0.3) is 0 Å². The van der Waals surface area contributed by atoms with Gasteiger partial charge in [-0.1, -0.05) is 49.4 Å². The van der Waals surface area contributed by atoms with Crippen molar-refractivity contribution in [3.8, 4) is 5.75 Å². The van der Waals surface area contributed by atoms with E-state index in [-0.39, 0.29) is 35.4 Å². The molecule has 1 aromatic heterocycles. The van der Waals surface area contributed by atoms with E-state index in [9.17, 15) is 14.0 Å². The first-order chi connectivity index (χ1) is 16.5. The van der Waals surface area contributed by atoms with Crippen LogP contribution in [0, 0.1) is 5.82 Å². The molecule has 6 nitrogen and oxygen atoms in total. The average molecular weight is 465 g/mol. The first-order valence-electron chi connectivity index (χ1n) is 11.6. The highest BCUT2D eigenvalue weighted by atomic mass is 19.1. The summed E-state index contributed by atoms with van der Waals surface area (Å²) in [4.78, 5) is 29.6. The van der Waals surface area contributed by atoms with Crippen molar-refractivity contribution in [2.24, 2.45) is 0 Å². The summed E-state index contributed by atoms with van der Waals surface area (Å²) in [6.07, 6.45) is 2.09. The molecule has 1 unspecified atom stereocenters. The van der Waals surface area contributed by atoms with Crippen LogP contribution in [-0.4, -0.2) is 41.9 Å². The number of piperazine rings is 1. The molecule has 34 heavy (non-hydrogen) atoms. The van der Waals surface area contributed by atoms with Crippen molar-refractivity contribution in [2.75, 3.05) is 26.2 Å². The fraction of sp³-hybridized carbons (Fsp3) is 0.333. The Morgan fingerprint density at radius 2 is 1.76 bits per heavy atom. The number of nitrogens with zero attached hydrogens (tertiary/aromatic N) is 2. The predicted octanol–water partition coefficient (Wildman–Crippen LogP) is 4.20. The molecule has 0 bridgehead atoms. The number of benzene rings is 2. The van der Waals surface area contributed by atoms with Gasteiger partial charge in [-0.15, -0.1) is 0 Å². The Morgan fingerprint density at radius 1 is 1.06 bits per heavy atom. The number of carbonyl (C=O) groups is 1. The van der Waals surface area contributed by atoms with Crippen LogP contribution in [0.5, 0.6) is 5.75 Å². The van der Waals surface area contributed by atoms with E-state index >= 15 is 0 Å². The minimum atomic E-state index is -0.320. The van der Waals surface area contributed by atoms with Gasteiger partial charge in [0.1, 0.15) is 24.4 Å². The quantitative estimate of drug-likeness (QED) is 0.500. The van der Waals surface area contributed by atoms with Gasteiger partial charge in [-0.25, -0.2) is 4.39 Å². The van der Waals surface area contributed by atoms with Gasteiger partial charge in [-0.3, -0.25) is 14.5 Å². The molecule has 4 rings (SSSR count). The van der Waals surface area contributed by atoms with Crippen molar-refractivity contribution < 1.29 is 18.3 Å². The lowest BCUT2D eigenvalue weighted by Crippen LogP contribution is -2.49. The molecule has 0 aliphatic carbocycles. The number of rotatable bonds is 8. The molecule has 0 radical (unpaired) electrons. The Morgan fingerprint density at radius 3 is 2.41 bits per heavy atom. The van der Waals surface area contributed by atoms with Crippen LogP contribution in [0.2, 0.25) is 0 Å². The van der Waals surface area contributed by atoms with Crippen LogP contribution in [0.4, 0.5) is 4.39 Å². The number of carbonyl (C=O) groups excluding carboxylic acids is 1. The summed E-state index contributed by atoms with van der Waals surface area (Å²) in [7, 11) is 0. The highest BCUT2D eigenvalue weighted by Crippen LogP contribution is 2.23. The molecule has 1 aliphatic rings. The monoisotopic (exact) mass is 464 g/mol. The van der Waals surface area contributed by atoms with Gasteiger partial charge < -0.3 is 14.1 Å². The zero-order chi connectivity index (χ0) is 23.9. The van der Waals surface area contributed by atoms with Gasteiger partial charge >= 0.3 is 0 Å². The summed E-state index contributed by atoms with van der Waals surface area (Å²) in [5.41, 5.74) is 1.56. The average Bonchev–Trinajstić information content (AvgIpc) is 2.86. The van der Waals surface area contributed by atoms with Gasteiger partial charge in [-0.05, 0) is 29.7 Å². The van der Waals surface area contributed by atoms with Crippen LogP contribution < -0.4 is 10.2 Å². The Balaban J connectivity index is 1.29. The first kappa shape index (κ1) is 23.7. The molecule has 0 saturated carbocycles. The normalized spacial score (nSPS) is 15.2. The van der Waals surface area contributed by atoms with Crippen molar-refractivity contribution >= 4 is 5.91 Å². The van der Waals surface area contributed by atoms with E-state index in [2.05, 4.69) is 4.90 Å². The van der Waals surface area contributed by atoms with E-state index in [0.29, 0.717) is 38.5 Å².